The van der Waals surface area contributed by atoms with Gasteiger partial charge >= 0.3 is 339 Å². The van der Waals surface area contributed by atoms with Crippen molar-refractivity contribution >= 4 is 57.8 Å². The number of hydrogen-bond acceptors (Lipinski definition) is 6. The molecule has 308 valence electrons. The van der Waals surface area contributed by atoms with E-state index in [9.17, 15) is 0 Å². The van der Waals surface area contributed by atoms with Crippen LogP contribution >= 0.6 is 0 Å². The molecule has 0 bridgehead atoms. The molecular formula is C45H69Cl3N6SiTi. The predicted octanol–water partition coefficient (Wildman–Crippen LogP) is -1.65. The molecule has 0 fully saturated rings. The second-order valence-electron chi connectivity index (χ2n) is 17.1. The maximum Gasteiger partial charge on any atom is -1.00 e. The summed E-state index contributed by atoms with van der Waals surface area (Å²) in [5.41, 5.74) is 21.8. The van der Waals surface area contributed by atoms with E-state index in [-0.39, 0.29) is 40.6 Å². The van der Waals surface area contributed by atoms with Gasteiger partial charge in [0, 0.05) is 0 Å². The summed E-state index contributed by atoms with van der Waals surface area (Å²) in [6, 6.07) is 7.28. The molecule has 4 rings (SSSR count). The largest absolute Gasteiger partial charge is 1.00 e. The number of nitrogens with zero attached hydrogens (tertiary/aromatic N) is 6. The molecule has 3 aromatic carbocycles. The summed E-state index contributed by atoms with van der Waals surface area (Å²) in [5.74, 6) is 0. The maximum absolute atomic E-state index is 3.43. The van der Waals surface area contributed by atoms with E-state index in [0.29, 0.717) is 0 Å². The normalized spacial score (nSPS) is 13.6. The molecule has 0 spiro atoms. The Morgan fingerprint density at radius 2 is 0.607 bits per heavy atom. The Morgan fingerprint density at radius 1 is 0.393 bits per heavy atom. The summed E-state index contributed by atoms with van der Waals surface area (Å²) in [7, 11) is 23.5. The maximum atomic E-state index is 2.65. The summed E-state index contributed by atoms with van der Waals surface area (Å²) >= 11 is 2.65. The average Bonchev–Trinajstić information content (AvgIpc) is 3.19. The molecule has 6 nitrogen and oxygen atoms in total. The summed E-state index contributed by atoms with van der Waals surface area (Å²) in [5, 5.41) is 4.54. The van der Waals surface area contributed by atoms with Gasteiger partial charge in [-0.25, -0.2) is 0 Å². The van der Waals surface area contributed by atoms with Crippen LogP contribution in [-0.2, 0) is 20.4 Å². The van der Waals surface area contributed by atoms with Crippen LogP contribution in [0.1, 0.15) is 61.1 Å². The van der Waals surface area contributed by atoms with Gasteiger partial charge in [-0.1, -0.05) is 0 Å². The van der Waals surface area contributed by atoms with Crippen LogP contribution in [0, 0.1) is 41.5 Å². The van der Waals surface area contributed by atoms with Crippen LogP contribution in [0.2, 0.25) is 3.34 Å². The zero-order chi connectivity index (χ0) is 40.6. The minimum atomic E-state index is -3.43. The SMILES string of the molecule is CC1=C(C)[C]([Ti+3])([Si](c2c(C)c(N(C)C)cc(C)c2N(C)C)(c2c(C)c(N(C)C)cc(C)c2N(C)C)c2c(C)c(N(C)C)cc(C)c2N(C)C)C(C)=C1C.[Cl-].[Cl-].[Cl-]. The zero-order valence-electron chi connectivity index (χ0n) is 38.5. The third-order valence-corrected chi connectivity index (χ3v) is 21.3. The number of anilines is 6. The molecule has 0 N–H and O–H groups in total. The first-order valence-electron chi connectivity index (χ1n) is 18.9. The zero-order valence-corrected chi connectivity index (χ0v) is 43.4. The number of hydrogen-bond donors (Lipinski definition) is 0. The van der Waals surface area contributed by atoms with Crippen molar-refractivity contribution in [3.05, 3.63) is 73.9 Å². The fourth-order valence-corrected chi connectivity index (χ4v) is 20.2. The monoisotopic (exact) mass is 874 g/mol. The Morgan fingerprint density at radius 3 is 0.786 bits per heavy atom. The van der Waals surface area contributed by atoms with Crippen molar-refractivity contribution in [1.82, 2.24) is 0 Å². The van der Waals surface area contributed by atoms with Gasteiger partial charge < -0.3 is 37.2 Å². The van der Waals surface area contributed by atoms with Crippen LogP contribution in [0.25, 0.3) is 0 Å². The molecule has 0 saturated heterocycles. The molecule has 0 amide bonds. The van der Waals surface area contributed by atoms with Crippen LogP contribution in [-0.4, -0.2) is 92.6 Å². The Hall–Kier alpha value is -2.26. The first kappa shape index (κ1) is 51.8. The quantitative estimate of drug-likeness (QED) is 0.179. The van der Waals surface area contributed by atoms with E-state index in [4.69, 9.17) is 0 Å². The van der Waals surface area contributed by atoms with Crippen molar-refractivity contribution in [1.29, 1.82) is 0 Å². The van der Waals surface area contributed by atoms with Crippen molar-refractivity contribution < 1.29 is 57.7 Å². The van der Waals surface area contributed by atoms with E-state index in [0.717, 1.165) is 0 Å². The number of halogens is 3. The summed E-state index contributed by atoms with van der Waals surface area (Å²) in [6.07, 6.45) is 0. The first-order chi connectivity index (χ1) is 24.3. The smallest absolute Gasteiger partial charge is 1.00 e. The van der Waals surface area contributed by atoms with E-state index in [1.54, 1.807) is 0 Å². The van der Waals surface area contributed by atoms with Gasteiger partial charge in [-0.2, -0.15) is 0 Å². The van der Waals surface area contributed by atoms with E-state index in [2.05, 4.69) is 222 Å². The number of rotatable bonds is 10. The Labute approximate surface area is 373 Å². The van der Waals surface area contributed by atoms with Crippen molar-refractivity contribution in [2.24, 2.45) is 0 Å². The number of allylic oxidation sites excluding steroid dienone is 4. The molecule has 1 aliphatic rings. The predicted molar refractivity (Wildman–Crippen MR) is 238 cm³/mol. The van der Waals surface area contributed by atoms with Crippen LogP contribution in [0.5, 0.6) is 0 Å². The van der Waals surface area contributed by atoms with Gasteiger partial charge in [0.15, 0.2) is 0 Å². The van der Waals surface area contributed by atoms with Gasteiger partial charge in [0.1, 0.15) is 0 Å². The van der Waals surface area contributed by atoms with Gasteiger partial charge in [-0.15, -0.1) is 0 Å². The fourth-order valence-electron chi connectivity index (χ4n) is 10.1. The summed E-state index contributed by atoms with van der Waals surface area (Å²) in [6.45, 7) is 24.0. The van der Waals surface area contributed by atoms with Gasteiger partial charge in [-0.3, -0.25) is 0 Å². The fraction of sp³-hybridized carbons (Fsp3) is 0.511. The van der Waals surface area contributed by atoms with E-state index < -0.39 is 8.07 Å². The molecular weight excluding hydrogens is 807 g/mol. The van der Waals surface area contributed by atoms with Crippen molar-refractivity contribution in [2.75, 3.05) is 114 Å². The third kappa shape index (κ3) is 7.56. The van der Waals surface area contributed by atoms with Gasteiger partial charge in [0.25, 0.3) is 0 Å². The molecule has 56 heavy (non-hydrogen) atoms. The molecule has 11 heteroatoms. The topological polar surface area (TPSA) is 19.4 Å². The molecule has 0 unspecified atom stereocenters. The van der Waals surface area contributed by atoms with Crippen LogP contribution < -0.4 is 82.2 Å². The van der Waals surface area contributed by atoms with Crippen LogP contribution in [0.15, 0.2) is 40.5 Å². The van der Waals surface area contributed by atoms with E-state index in [1.807, 2.05) is 0 Å². The summed E-state index contributed by atoms with van der Waals surface area (Å²) in [4.78, 5) is 14.3. The van der Waals surface area contributed by atoms with Gasteiger partial charge in [0.05, 0.1) is 0 Å². The second kappa shape index (κ2) is 18.3. The van der Waals surface area contributed by atoms with Crippen molar-refractivity contribution in [2.45, 2.75) is 72.6 Å². The molecule has 0 heterocycles. The van der Waals surface area contributed by atoms with E-state index >= 15 is 0 Å². The molecule has 0 aliphatic heterocycles. The van der Waals surface area contributed by atoms with Crippen molar-refractivity contribution in [3.8, 4) is 0 Å². The Balaban J connectivity index is 0.00000523. The standard InChI is InChI=1S/C45H69N6Si.3ClH.Ti/c1-26-23-36(46(11)12)33(8)43(39(26)49(17)18)52(42-31(6)29(4)30(5)32(42)7,44-34(9)37(47(13)14)24-27(2)40(44)50(19)20)45-35(10)38(48(15)16)25-28(3)41(45)51(21)22;;;;/h23-25H,1-22H3;3*1H;/q;;;;+3/p-3. The average molecular weight is 876 g/mol. The Kier molecular flexibility index (Phi) is 17.0. The van der Waals surface area contributed by atoms with Gasteiger partial charge in [-0.05, 0) is 0 Å². The van der Waals surface area contributed by atoms with Crippen LogP contribution in [0.4, 0.5) is 34.1 Å². The molecule has 0 saturated carbocycles. The molecule has 0 radical (unpaired) electrons. The molecule has 3 aromatic rings. The first-order valence-corrected chi connectivity index (χ1v) is 21.7. The molecule has 0 atom stereocenters. The van der Waals surface area contributed by atoms with Crippen molar-refractivity contribution in [3.63, 3.8) is 0 Å². The summed E-state index contributed by atoms with van der Waals surface area (Å²) < 4.78 is -0.339. The number of benzene rings is 3. The Bertz CT molecular complexity index is 1820. The molecule has 1 aliphatic carbocycles. The number of aryl methyl sites for hydroxylation is 3. The van der Waals surface area contributed by atoms with E-state index in [1.165, 1.54) is 105 Å². The molecule has 0 aromatic heterocycles. The minimum absolute atomic E-state index is 0. The van der Waals surface area contributed by atoms with Gasteiger partial charge in [0.2, 0.25) is 0 Å². The third-order valence-electron chi connectivity index (χ3n) is 12.5. The van der Waals surface area contributed by atoms with Crippen LogP contribution in [0.3, 0.4) is 0 Å². The second-order valence-corrected chi connectivity index (χ2v) is 22.8. The minimum Gasteiger partial charge on any atom is -1.00 e.